The molecule has 0 aromatic heterocycles. The zero-order valence-corrected chi connectivity index (χ0v) is 16.1. The molecular formula is C22H27F3. The van der Waals surface area contributed by atoms with Gasteiger partial charge in [-0.2, -0.15) is 13.2 Å². The van der Waals surface area contributed by atoms with Crippen LogP contribution in [0.3, 0.4) is 0 Å². The Kier molecular flexibility index (Phi) is 4.84. The Hall–Kier alpha value is -1.77. The molecule has 2 rings (SSSR count). The highest BCUT2D eigenvalue weighted by molar-refractivity contribution is 5.72. The number of benzene rings is 2. The van der Waals surface area contributed by atoms with Gasteiger partial charge in [0, 0.05) is 0 Å². The SMILES string of the molecule is Cc1cc(C(C)(C)C)ccc1-c1ccc(C(C)(C)C)cc1C(F)(F)F. The van der Waals surface area contributed by atoms with E-state index in [2.05, 4.69) is 20.8 Å². The zero-order valence-electron chi connectivity index (χ0n) is 16.1. The number of hydrogen-bond donors (Lipinski definition) is 0. The maximum absolute atomic E-state index is 13.7. The Morgan fingerprint density at radius 3 is 1.48 bits per heavy atom. The van der Waals surface area contributed by atoms with Crippen LogP contribution in [0.4, 0.5) is 13.2 Å². The van der Waals surface area contributed by atoms with Gasteiger partial charge in [0.2, 0.25) is 0 Å². The smallest absolute Gasteiger partial charge is 0.166 e. The van der Waals surface area contributed by atoms with Gasteiger partial charge in [0.1, 0.15) is 0 Å². The first-order valence-electron chi connectivity index (χ1n) is 8.54. The molecule has 0 bridgehead atoms. The van der Waals surface area contributed by atoms with Gasteiger partial charge in [-0.15, -0.1) is 0 Å². The molecule has 0 N–H and O–H groups in total. The van der Waals surface area contributed by atoms with Crippen molar-refractivity contribution in [2.45, 2.75) is 65.5 Å². The summed E-state index contributed by atoms with van der Waals surface area (Å²) in [6, 6.07) is 10.5. The van der Waals surface area contributed by atoms with Crippen LogP contribution >= 0.6 is 0 Å². The fourth-order valence-corrected chi connectivity index (χ4v) is 2.91. The molecule has 0 heterocycles. The normalized spacial score (nSPS) is 13.2. The van der Waals surface area contributed by atoms with Gasteiger partial charge in [0.25, 0.3) is 0 Å². The molecule has 3 heteroatoms. The Bertz CT molecular complexity index is 769. The molecule has 0 radical (unpaired) electrons. The standard InChI is InChI=1S/C22H27F3/c1-14-12-15(20(2,3)4)8-10-17(14)18-11-9-16(21(5,6)7)13-19(18)22(23,24)25/h8-13H,1-7H3. The molecule has 0 spiro atoms. The van der Waals surface area contributed by atoms with Crippen molar-refractivity contribution in [1.29, 1.82) is 0 Å². The number of aryl methyl sites for hydroxylation is 1. The summed E-state index contributed by atoms with van der Waals surface area (Å²) in [5, 5.41) is 0. The average molecular weight is 348 g/mol. The lowest BCUT2D eigenvalue weighted by Crippen LogP contribution is -2.15. The summed E-state index contributed by atoms with van der Waals surface area (Å²) in [6.07, 6.45) is -4.38. The van der Waals surface area contributed by atoms with E-state index in [0.29, 0.717) is 11.1 Å². The predicted molar refractivity (Wildman–Crippen MR) is 99.0 cm³/mol. The molecule has 2 aromatic carbocycles. The molecule has 0 aliphatic carbocycles. The largest absolute Gasteiger partial charge is 0.417 e. The number of rotatable bonds is 1. The minimum absolute atomic E-state index is 0.0355. The summed E-state index contributed by atoms with van der Waals surface area (Å²) in [4.78, 5) is 0. The first-order chi connectivity index (χ1) is 11.2. The van der Waals surface area contributed by atoms with Crippen molar-refractivity contribution in [3.05, 3.63) is 58.7 Å². The minimum Gasteiger partial charge on any atom is -0.166 e. The second-order valence-corrected chi connectivity index (χ2v) is 8.79. The molecule has 25 heavy (non-hydrogen) atoms. The minimum atomic E-state index is -4.38. The van der Waals surface area contributed by atoms with Crippen molar-refractivity contribution < 1.29 is 13.2 Å². The second kappa shape index (κ2) is 6.19. The van der Waals surface area contributed by atoms with Crippen LogP contribution < -0.4 is 0 Å². The summed E-state index contributed by atoms with van der Waals surface area (Å²) >= 11 is 0. The van der Waals surface area contributed by atoms with Gasteiger partial charge in [-0.05, 0) is 51.6 Å². The van der Waals surface area contributed by atoms with Crippen LogP contribution in [0.1, 0.15) is 63.8 Å². The fraction of sp³-hybridized carbons (Fsp3) is 0.455. The van der Waals surface area contributed by atoms with E-state index in [0.717, 1.165) is 11.1 Å². The topological polar surface area (TPSA) is 0 Å². The molecule has 0 nitrogen and oxygen atoms in total. The Labute approximate surface area is 149 Å². The van der Waals surface area contributed by atoms with Crippen LogP contribution in [-0.4, -0.2) is 0 Å². The predicted octanol–water partition coefficient (Wildman–Crippen LogP) is 7.28. The van der Waals surface area contributed by atoms with Crippen molar-refractivity contribution in [3.63, 3.8) is 0 Å². The summed E-state index contributed by atoms with van der Waals surface area (Å²) in [6.45, 7) is 13.9. The third-order valence-electron chi connectivity index (χ3n) is 4.57. The highest BCUT2D eigenvalue weighted by Gasteiger charge is 2.35. The highest BCUT2D eigenvalue weighted by Crippen LogP contribution is 2.41. The first-order valence-corrected chi connectivity index (χ1v) is 8.54. The fourth-order valence-electron chi connectivity index (χ4n) is 2.91. The van der Waals surface area contributed by atoms with E-state index in [-0.39, 0.29) is 16.4 Å². The van der Waals surface area contributed by atoms with E-state index in [4.69, 9.17) is 0 Å². The van der Waals surface area contributed by atoms with Crippen LogP contribution in [0, 0.1) is 6.92 Å². The summed E-state index contributed by atoms with van der Waals surface area (Å²) < 4.78 is 41.1. The molecule has 0 unspecified atom stereocenters. The van der Waals surface area contributed by atoms with Gasteiger partial charge >= 0.3 is 6.18 Å². The molecule has 0 aliphatic rings. The van der Waals surface area contributed by atoms with Crippen LogP contribution in [0.5, 0.6) is 0 Å². The van der Waals surface area contributed by atoms with E-state index in [1.807, 2.05) is 52.0 Å². The average Bonchev–Trinajstić information content (AvgIpc) is 2.43. The van der Waals surface area contributed by atoms with E-state index in [1.54, 1.807) is 6.07 Å². The molecule has 0 saturated carbocycles. The zero-order chi connectivity index (χ0) is 19.2. The number of hydrogen-bond acceptors (Lipinski definition) is 0. The summed E-state index contributed by atoms with van der Waals surface area (Å²) in [5.41, 5.74) is 2.63. The highest BCUT2D eigenvalue weighted by atomic mass is 19.4. The van der Waals surface area contributed by atoms with Crippen molar-refractivity contribution in [2.24, 2.45) is 0 Å². The third-order valence-corrected chi connectivity index (χ3v) is 4.57. The van der Waals surface area contributed by atoms with Crippen LogP contribution in [0.15, 0.2) is 36.4 Å². The Balaban J connectivity index is 2.67. The van der Waals surface area contributed by atoms with Crippen molar-refractivity contribution in [3.8, 4) is 11.1 Å². The van der Waals surface area contributed by atoms with E-state index >= 15 is 0 Å². The molecule has 0 fully saturated rings. The third kappa shape index (κ3) is 4.26. The Morgan fingerprint density at radius 2 is 1.08 bits per heavy atom. The summed E-state index contributed by atoms with van der Waals surface area (Å²) in [5.74, 6) is 0. The van der Waals surface area contributed by atoms with Gasteiger partial charge in [-0.3, -0.25) is 0 Å². The van der Waals surface area contributed by atoms with Gasteiger partial charge in [0.15, 0.2) is 0 Å². The second-order valence-electron chi connectivity index (χ2n) is 8.79. The first kappa shape index (κ1) is 19.6. The van der Waals surface area contributed by atoms with E-state index < -0.39 is 11.7 Å². The summed E-state index contributed by atoms with van der Waals surface area (Å²) in [7, 11) is 0. The lowest BCUT2D eigenvalue weighted by molar-refractivity contribution is -0.137. The van der Waals surface area contributed by atoms with Crippen LogP contribution in [0.25, 0.3) is 11.1 Å². The molecule has 0 amide bonds. The van der Waals surface area contributed by atoms with Crippen LogP contribution in [-0.2, 0) is 17.0 Å². The van der Waals surface area contributed by atoms with Gasteiger partial charge in [-0.1, -0.05) is 71.9 Å². The van der Waals surface area contributed by atoms with Gasteiger partial charge in [-0.25, -0.2) is 0 Å². The molecule has 2 aromatic rings. The van der Waals surface area contributed by atoms with Crippen molar-refractivity contribution in [2.75, 3.05) is 0 Å². The van der Waals surface area contributed by atoms with Crippen molar-refractivity contribution in [1.82, 2.24) is 0 Å². The van der Waals surface area contributed by atoms with Gasteiger partial charge in [0.05, 0.1) is 5.56 Å². The lowest BCUT2D eigenvalue weighted by Gasteiger charge is -2.24. The Morgan fingerprint density at radius 1 is 0.640 bits per heavy atom. The molecule has 0 saturated heterocycles. The van der Waals surface area contributed by atoms with Gasteiger partial charge < -0.3 is 0 Å². The molecule has 0 atom stereocenters. The van der Waals surface area contributed by atoms with E-state index in [9.17, 15) is 13.2 Å². The molecule has 0 aliphatic heterocycles. The van der Waals surface area contributed by atoms with Crippen LogP contribution in [0.2, 0.25) is 0 Å². The quantitative estimate of drug-likeness (QED) is 0.508. The number of halogens is 3. The lowest BCUT2D eigenvalue weighted by atomic mass is 9.82. The van der Waals surface area contributed by atoms with E-state index in [1.165, 1.54) is 6.07 Å². The monoisotopic (exact) mass is 348 g/mol. The number of alkyl halides is 3. The molecule has 136 valence electrons. The maximum atomic E-state index is 13.7. The maximum Gasteiger partial charge on any atom is 0.417 e. The van der Waals surface area contributed by atoms with Crippen molar-refractivity contribution >= 4 is 0 Å². The molecular weight excluding hydrogens is 321 g/mol.